The average molecular weight is 534 g/mol. The molecule has 1 saturated heterocycles. The first-order chi connectivity index (χ1) is 18.2. The minimum atomic E-state index is -0.814. The molecule has 1 atom stereocenters. The van der Waals surface area contributed by atoms with Crippen LogP contribution in [0.5, 0.6) is 5.75 Å². The van der Waals surface area contributed by atoms with Crippen molar-refractivity contribution < 1.29 is 29.0 Å². The molecular weight excluding hydrogens is 502 g/mol. The van der Waals surface area contributed by atoms with E-state index in [0.717, 1.165) is 4.88 Å². The Labute approximate surface area is 226 Å². The average Bonchev–Trinajstić information content (AvgIpc) is 3.53. The second kappa shape index (κ2) is 11.6. The Bertz CT molecular complexity index is 1320. The van der Waals surface area contributed by atoms with Crippen molar-refractivity contribution in [1.82, 2.24) is 0 Å². The first kappa shape index (κ1) is 27.1. The van der Waals surface area contributed by atoms with Gasteiger partial charge in [-0.25, -0.2) is 4.79 Å². The largest absolute Gasteiger partial charge is 0.507 e. The Kier molecular flexibility index (Phi) is 8.32. The van der Waals surface area contributed by atoms with Gasteiger partial charge in [-0.3, -0.25) is 14.5 Å². The smallest absolute Gasteiger partial charge is 0.338 e. The Balaban J connectivity index is 1.69. The molecule has 7 nitrogen and oxygen atoms in total. The normalized spacial score (nSPS) is 16.9. The number of ether oxygens (including phenoxy) is 2. The monoisotopic (exact) mass is 533 g/mol. The molecular formula is C30H31NO6S. The third-order valence-electron chi connectivity index (χ3n) is 5.90. The fourth-order valence-electron chi connectivity index (χ4n) is 4.03. The quantitative estimate of drug-likeness (QED) is 0.152. The van der Waals surface area contributed by atoms with Gasteiger partial charge in [0.15, 0.2) is 0 Å². The van der Waals surface area contributed by atoms with Gasteiger partial charge in [0.25, 0.3) is 11.7 Å². The van der Waals surface area contributed by atoms with Gasteiger partial charge in [-0.1, -0.05) is 33.8 Å². The number of rotatable bonds is 9. The number of aliphatic hydroxyl groups is 1. The molecule has 4 rings (SSSR count). The first-order valence-corrected chi connectivity index (χ1v) is 13.4. The third-order valence-corrected chi connectivity index (χ3v) is 6.82. The fourth-order valence-corrected chi connectivity index (χ4v) is 4.85. The number of anilines is 1. The van der Waals surface area contributed by atoms with Crippen molar-refractivity contribution in [1.29, 1.82) is 0 Å². The summed E-state index contributed by atoms with van der Waals surface area (Å²) in [4.78, 5) is 41.0. The van der Waals surface area contributed by atoms with Crippen molar-refractivity contribution in [2.45, 2.75) is 33.7 Å². The van der Waals surface area contributed by atoms with Crippen LogP contribution in [-0.4, -0.2) is 36.0 Å². The molecule has 0 radical (unpaired) electrons. The maximum Gasteiger partial charge on any atom is 0.338 e. The lowest BCUT2D eigenvalue weighted by Crippen LogP contribution is -2.29. The van der Waals surface area contributed by atoms with Crippen LogP contribution in [0, 0.1) is 11.8 Å². The van der Waals surface area contributed by atoms with Crippen molar-refractivity contribution in [2.24, 2.45) is 11.8 Å². The van der Waals surface area contributed by atoms with Crippen LogP contribution in [0.15, 0.2) is 71.6 Å². The van der Waals surface area contributed by atoms with E-state index in [1.54, 1.807) is 48.5 Å². The molecule has 8 heteroatoms. The molecule has 0 bridgehead atoms. The van der Waals surface area contributed by atoms with E-state index in [0.29, 0.717) is 41.7 Å². The zero-order chi connectivity index (χ0) is 27.4. The van der Waals surface area contributed by atoms with Crippen LogP contribution in [0.2, 0.25) is 0 Å². The van der Waals surface area contributed by atoms with Gasteiger partial charge in [0.2, 0.25) is 0 Å². The molecule has 3 aromatic rings. The molecule has 0 aliphatic carbocycles. The number of esters is 1. The summed E-state index contributed by atoms with van der Waals surface area (Å²) in [6.07, 6.45) is 0. The summed E-state index contributed by atoms with van der Waals surface area (Å²) >= 11 is 1.38. The second-order valence-electron chi connectivity index (χ2n) is 9.95. The number of thiophene rings is 1. The number of aliphatic hydroxyl groups excluding tert-OH is 1. The van der Waals surface area contributed by atoms with E-state index in [-0.39, 0.29) is 17.3 Å². The van der Waals surface area contributed by atoms with Gasteiger partial charge in [-0.05, 0) is 71.8 Å². The van der Waals surface area contributed by atoms with Crippen LogP contribution in [0.1, 0.15) is 54.5 Å². The highest BCUT2D eigenvalue weighted by molar-refractivity contribution is 7.10. The summed E-state index contributed by atoms with van der Waals surface area (Å²) in [6.45, 7) is 8.87. The van der Waals surface area contributed by atoms with Crippen molar-refractivity contribution >= 4 is 40.4 Å². The summed E-state index contributed by atoms with van der Waals surface area (Å²) in [6, 6.07) is 16.0. The predicted octanol–water partition coefficient (Wildman–Crippen LogP) is 6.22. The van der Waals surface area contributed by atoms with Crippen molar-refractivity contribution in [3.8, 4) is 5.75 Å². The molecule has 1 aliphatic heterocycles. The van der Waals surface area contributed by atoms with Gasteiger partial charge in [-0.2, -0.15) is 0 Å². The Hall–Kier alpha value is -3.91. The van der Waals surface area contributed by atoms with E-state index in [9.17, 15) is 19.5 Å². The molecule has 198 valence electrons. The number of ketones is 1. The number of carbonyl (C=O) groups is 3. The van der Waals surface area contributed by atoms with Crippen LogP contribution in [0.25, 0.3) is 5.76 Å². The maximum absolute atomic E-state index is 13.3. The van der Waals surface area contributed by atoms with E-state index in [4.69, 9.17) is 9.47 Å². The standard InChI is InChI=1S/C30H31NO6S/c1-18(2)16-36-23-13-9-20(10-14-23)27(32)25-26(24-6-5-15-38-24)31(29(34)28(25)33)22-11-7-21(8-12-22)30(35)37-17-19(3)4/h5-15,18-19,26,32H,16-17H2,1-4H3/b27-25-. The molecule has 38 heavy (non-hydrogen) atoms. The zero-order valence-corrected chi connectivity index (χ0v) is 22.7. The molecule has 0 saturated carbocycles. The Morgan fingerprint density at radius 3 is 2.13 bits per heavy atom. The number of carbonyl (C=O) groups excluding carboxylic acids is 3. The van der Waals surface area contributed by atoms with E-state index >= 15 is 0 Å². The molecule has 1 unspecified atom stereocenters. The Morgan fingerprint density at radius 2 is 1.55 bits per heavy atom. The molecule has 2 heterocycles. The summed E-state index contributed by atoms with van der Waals surface area (Å²) in [5.41, 5.74) is 1.19. The lowest BCUT2D eigenvalue weighted by atomic mass is 9.99. The Morgan fingerprint density at radius 1 is 0.921 bits per heavy atom. The van der Waals surface area contributed by atoms with E-state index in [2.05, 4.69) is 13.8 Å². The third kappa shape index (κ3) is 5.81. The van der Waals surface area contributed by atoms with Gasteiger partial charge in [-0.15, -0.1) is 11.3 Å². The molecule has 2 aromatic carbocycles. The highest BCUT2D eigenvalue weighted by Gasteiger charge is 2.47. The summed E-state index contributed by atoms with van der Waals surface area (Å²) in [5, 5.41) is 13.1. The number of hydrogen-bond acceptors (Lipinski definition) is 7. The maximum atomic E-state index is 13.3. The molecule has 1 fully saturated rings. The summed E-state index contributed by atoms with van der Waals surface area (Å²) in [7, 11) is 0. The number of amides is 1. The lowest BCUT2D eigenvalue weighted by Gasteiger charge is -2.24. The van der Waals surface area contributed by atoms with E-state index in [1.807, 2.05) is 31.4 Å². The topological polar surface area (TPSA) is 93.1 Å². The highest BCUT2D eigenvalue weighted by atomic mass is 32.1. The van der Waals surface area contributed by atoms with Gasteiger partial charge in [0.1, 0.15) is 17.6 Å². The molecule has 1 aliphatic rings. The lowest BCUT2D eigenvalue weighted by molar-refractivity contribution is -0.132. The number of nitrogens with zero attached hydrogens (tertiary/aromatic N) is 1. The van der Waals surface area contributed by atoms with Crippen LogP contribution in [0.4, 0.5) is 5.69 Å². The fraction of sp³-hybridized carbons (Fsp3) is 0.300. The van der Waals surface area contributed by atoms with E-state index in [1.165, 1.54) is 16.2 Å². The van der Waals surface area contributed by atoms with Crippen molar-refractivity contribution in [3.63, 3.8) is 0 Å². The van der Waals surface area contributed by atoms with Crippen molar-refractivity contribution in [3.05, 3.63) is 87.6 Å². The van der Waals surface area contributed by atoms with Crippen molar-refractivity contribution in [2.75, 3.05) is 18.1 Å². The van der Waals surface area contributed by atoms with E-state index < -0.39 is 23.7 Å². The molecule has 1 aromatic heterocycles. The predicted molar refractivity (Wildman–Crippen MR) is 147 cm³/mol. The SMILES string of the molecule is CC(C)COC(=O)c1ccc(N2C(=O)C(=O)/C(=C(\O)c3ccc(OCC(C)C)cc3)C2c2cccs2)cc1. The van der Waals surface area contributed by atoms with Gasteiger partial charge in [0, 0.05) is 16.1 Å². The summed E-state index contributed by atoms with van der Waals surface area (Å²) in [5.74, 6) is -1.02. The number of hydrogen-bond donors (Lipinski definition) is 1. The van der Waals surface area contributed by atoms with Crippen LogP contribution < -0.4 is 9.64 Å². The molecule has 1 N–H and O–H groups in total. The highest BCUT2D eigenvalue weighted by Crippen LogP contribution is 2.43. The molecule has 1 amide bonds. The van der Waals surface area contributed by atoms with Gasteiger partial charge >= 0.3 is 5.97 Å². The van der Waals surface area contributed by atoms with Crippen LogP contribution in [0.3, 0.4) is 0 Å². The van der Waals surface area contributed by atoms with Crippen LogP contribution in [-0.2, 0) is 14.3 Å². The number of benzene rings is 2. The van der Waals surface area contributed by atoms with Gasteiger partial charge < -0.3 is 14.6 Å². The molecule has 0 spiro atoms. The summed E-state index contributed by atoms with van der Waals surface area (Å²) < 4.78 is 11.0. The minimum Gasteiger partial charge on any atom is -0.507 e. The zero-order valence-electron chi connectivity index (χ0n) is 21.8. The van der Waals surface area contributed by atoms with Crippen LogP contribution >= 0.6 is 11.3 Å². The first-order valence-electron chi connectivity index (χ1n) is 12.5. The number of Topliss-reactive ketones (excluding diaryl/α,β-unsaturated/α-hetero) is 1. The second-order valence-corrected chi connectivity index (χ2v) is 10.9. The van der Waals surface area contributed by atoms with Gasteiger partial charge in [0.05, 0.1) is 24.4 Å². The minimum absolute atomic E-state index is 0.00807.